The summed E-state index contributed by atoms with van der Waals surface area (Å²) in [5.41, 5.74) is 6.20. The van der Waals surface area contributed by atoms with Crippen molar-refractivity contribution in [1.29, 1.82) is 0 Å². The van der Waals surface area contributed by atoms with E-state index in [0.29, 0.717) is 35.1 Å². The Morgan fingerprint density at radius 1 is 1.12 bits per heavy atom. The highest BCUT2D eigenvalue weighted by Crippen LogP contribution is 2.52. The minimum atomic E-state index is -0.215. The molecule has 41 heavy (non-hydrogen) atoms. The van der Waals surface area contributed by atoms with Crippen LogP contribution in [0.25, 0.3) is 16.9 Å². The summed E-state index contributed by atoms with van der Waals surface area (Å²) in [6.45, 7) is 6.51. The van der Waals surface area contributed by atoms with Crippen LogP contribution in [-0.2, 0) is 9.59 Å². The Morgan fingerprint density at radius 3 is 2.51 bits per heavy atom. The maximum Gasteiger partial charge on any atom is 0.240 e. The second kappa shape index (κ2) is 12.4. The van der Waals surface area contributed by atoms with Gasteiger partial charge in [-0.2, -0.15) is 16.4 Å². The van der Waals surface area contributed by atoms with E-state index in [9.17, 15) is 9.59 Å². The van der Waals surface area contributed by atoms with Crippen molar-refractivity contribution in [2.45, 2.75) is 32.4 Å². The van der Waals surface area contributed by atoms with Crippen molar-refractivity contribution >= 4 is 40.7 Å². The van der Waals surface area contributed by atoms with Crippen LogP contribution in [0.2, 0.25) is 0 Å². The molecule has 1 N–H and O–H groups in total. The van der Waals surface area contributed by atoms with Gasteiger partial charge in [0.15, 0.2) is 0 Å². The number of rotatable bonds is 9. The lowest BCUT2D eigenvalue weighted by Crippen LogP contribution is -2.42. The molecule has 1 aliphatic rings. The molecule has 214 valence electrons. The molecule has 2 aromatic carbocycles. The van der Waals surface area contributed by atoms with Gasteiger partial charge < -0.3 is 14.8 Å². The molecule has 0 fully saturated rings. The number of thioether (sulfide) groups is 1. The molecule has 0 bridgehead atoms. The molecule has 10 heteroatoms. The number of anilines is 1. The van der Waals surface area contributed by atoms with Crippen LogP contribution in [0.4, 0.5) is 5.82 Å². The number of nitrogens with one attached hydrogen (secondary N) is 1. The molecular weight excluding hydrogens is 556 g/mol. The maximum atomic E-state index is 13.9. The number of aromatic nitrogens is 2. The van der Waals surface area contributed by atoms with Crippen molar-refractivity contribution in [1.82, 2.24) is 15.1 Å². The van der Waals surface area contributed by atoms with Gasteiger partial charge >= 0.3 is 0 Å². The van der Waals surface area contributed by atoms with E-state index >= 15 is 0 Å². The number of carbonyl (C=O) groups excluding carboxylic acids is 2. The average molecular weight is 591 g/mol. The van der Waals surface area contributed by atoms with E-state index in [1.807, 2.05) is 61.2 Å². The Balaban J connectivity index is 1.87. The number of amides is 2. The van der Waals surface area contributed by atoms with Gasteiger partial charge in [-0.25, -0.2) is 4.68 Å². The van der Waals surface area contributed by atoms with E-state index in [2.05, 4.69) is 22.8 Å². The summed E-state index contributed by atoms with van der Waals surface area (Å²) in [6.07, 6.45) is 0.805. The Labute approximate surface area is 248 Å². The van der Waals surface area contributed by atoms with Crippen LogP contribution in [-0.4, -0.2) is 54.7 Å². The second-order valence-corrected chi connectivity index (χ2v) is 11.8. The van der Waals surface area contributed by atoms with Crippen LogP contribution < -0.4 is 19.7 Å². The van der Waals surface area contributed by atoms with Gasteiger partial charge in [0.1, 0.15) is 29.6 Å². The number of methoxy groups -OCH3 is 2. The Bertz CT molecular complexity index is 1540. The topological polar surface area (TPSA) is 85.7 Å². The number of hydrogen-bond acceptors (Lipinski definition) is 7. The SMILES string of the molecule is CCCNC(=O)CN1C(=O)CS[C@H](c2ccsc2)c2c(-c3c(OC)cccc3OC)nn(-c3ccc(C)cc3C)c21. The first-order valence-electron chi connectivity index (χ1n) is 13.5. The molecule has 3 heterocycles. The summed E-state index contributed by atoms with van der Waals surface area (Å²) < 4.78 is 13.5. The fraction of sp³-hybridized carbons (Fsp3) is 0.323. The maximum absolute atomic E-state index is 13.9. The fourth-order valence-electron chi connectivity index (χ4n) is 5.15. The highest BCUT2D eigenvalue weighted by Gasteiger charge is 2.39. The van der Waals surface area contributed by atoms with Gasteiger partial charge in [-0.05, 0) is 66.4 Å². The lowest BCUT2D eigenvalue weighted by molar-refractivity contribution is -0.122. The third kappa shape index (κ3) is 5.58. The number of ether oxygens (including phenoxy) is 2. The Hall–Kier alpha value is -3.76. The average Bonchev–Trinajstić information content (AvgIpc) is 3.61. The summed E-state index contributed by atoms with van der Waals surface area (Å²) >= 11 is 3.15. The number of carbonyl (C=O) groups is 2. The third-order valence-electron chi connectivity index (χ3n) is 7.05. The second-order valence-electron chi connectivity index (χ2n) is 9.90. The van der Waals surface area contributed by atoms with E-state index in [-0.39, 0.29) is 29.4 Å². The van der Waals surface area contributed by atoms with Crippen LogP contribution in [0.1, 0.15) is 40.8 Å². The third-order valence-corrected chi connectivity index (χ3v) is 9.01. The van der Waals surface area contributed by atoms with Crippen molar-refractivity contribution in [2.75, 3.05) is 38.0 Å². The lowest BCUT2D eigenvalue weighted by Gasteiger charge is -2.23. The molecule has 5 rings (SSSR count). The summed E-state index contributed by atoms with van der Waals surface area (Å²) in [5, 5.41) is 12.1. The van der Waals surface area contributed by atoms with Gasteiger partial charge in [-0.3, -0.25) is 14.5 Å². The summed E-state index contributed by atoms with van der Waals surface area (Å²) in [7, 11) is 3.24. The molecule has 2 aromatic heterocycles. The minimum absolute atomic E-state index is 0.109. The molecule has 0 saturated carbocycles. The summed E-state index contributed by atoms with van der Waals surface area (Å²) in [4.78, 5) is 28.6. The molecule has 2 amide bonds. The quantitative estimate of drug-likeness (QED) is 0.260. The smallest absolute Gasteiger partial charge is 0.240 e. The zero-order valence-electron chi connectivity index (χ0n) is 23.9. The molecule has 0 spiro atoms. The van der Waals surface area contributed by atoms with Crippen LogP contribution in [0.3, 0.4) is 0 Å². The van der Waals surface area contributed by atoms with Crippen LogP contribution in [0.5, 0.6) is 11.5 Å². The van der Waals surface area contributed by atoms with Crippen LogP contribution in [0, 0.1) is 13.8 Å². The van der Waals surface area contributed by atoms with Gasteiger partial charge in [-0.1, -0.05) is 30.7 Å². The normalized spacial score (nSPS) is 14.9. The predicted molar refractivity (Wildman–Crippen MR) is 166 cm³/mol. The molecule has 1 atom stereocenters. The van der Waals surface area contributed by atoms with E-state index < -0.39 is 0 Å². The molecular formula is C31H34N4O4S2. The highest BCUT2D eigenvalue weighted by molar-refractivity contribution is 8.00. The van der Waals surface area contributed by atoms with Gasteiger partial charge in [0.05, 0.1) is 36.5 Å². The number of nitrogens with zero attached hydrogens (tertiary/aromatic N) is 3. The lowest BCUT2D eigenvalue weighted by atomic mass is 9.99. The van der Waals surface area contributed by atoms with E-state index in [0.717, 1.165) is 34.4 Å². The highest BCUT2D eigenvalue weighted by atomic mass is 32.2. The van der Waals surface area contributed by atoms with Crippen molar-refractivity contribution < 1.29 is 19.1 Å². The molecule has 4 aromatic rings. The van der Waals surface area contributed by atoms with Crippen molar-refractivity contribution in [3.63, 3.8) is 0 Å². The largest absolute Gasteiger partial charge is 0.496 e. The first-order valence-corrected chi connectivity index (χ1v) is 15.5. The molecule has 1 aliphatic heterocycles. The van der Waals surface area contributed by atoms with Crippen LogP contribution in [0.15, 0.2) is 53.2 Å². The monoisotopic (exact) mass is 590 g/mol. The number of hydrogen-bond donors (Lipinski definition) is 1. The molecule has 8 nitrogen and oxygen atoms in total. The van der Waals surface area contributed by atoms with Gasteiger partial charge in [-0.15, -0.1) is 11.8 Å². The zero-order chi connectivity index (χ0) is 29.1. The summed E-state index contributed by atoms with van der Waals surface area (Å²) in [5.74, 6) is 1.65. The van der Waals surface area contributed by atoms with Crippen molar-refractivity contribution in [3.05, 3.63) is 75.5 Å². The number of fused-ring (bicyclic) bond motifs is 1. The zero-order valence-corrected chi connectivity index (χ0v) is 25.5. The Kier molecular flexibility index (Phi) is 8.70. The summed E-state index contributed by atoms with van der Waals surface area (Å²) in [6, 6.07) is 13.8. The van der Waals surface area contributed by atoms with E-state index in [1.165, 1.54) is 0 Å². The number of thiophene rings is 1. The fourth-order valence-corrected chi connectivity index (χ4v) is 7.11. The van der Waals surface area contributed by atoms with Crippen molar-refractivity contribution in [2.24, 2.45) is 0 Å². The molecule has 0 unspecified atom stereocenters. The molecule has 0 saturated heterocycles. The first-order chi connectivity index (χ1) is 19.9. The van der Waals surface area contributed by atoms with Crippen molar-refractivity contribution in [3.8, 4) is 28.4 Å². The Morgan fingerprint density at radius 2 is 1.88 bits per heavy atom. The first kappa shape index (κ1) is 28.8. The predicted octanol–water partition coefficient (Wildman–Crippen LogP) is 5.93. The van der Waals surface area contributed by atoms with E-state index in [1.54, 1.807) is 42.2 Å². The standard InChI is InChI=1S/C31H34N4O4S2/c1-6-13-32-25(36)16-34-26(37)18-41-30(21-12-14-40-17-21)28-29(27-23(38-4)8-7-9-24(27)39-5)33-35(31(28)34)22-11-10-19(2)15-20(22)3/h7-12,14-15,17,30H,6,13,16,18H2,1-5H3,(H,32,36)/t30-/m1/s1. The van der Waals surface area contributed by atoms with Crippen LogP contribution >= 0.6 is 23.1 Å². The van der Waals surface area contributed by atoms with E-state index in [4.69, 9.17) is 14.6 Å². The van der Waals surface area contributed by atoms with Gasteiger partial charge in [0.2, 0.25) is 11.8 Å². The number of aryl methyl sites for hydroxylation is 2. The van der Waals surface area contributed by atoms with Gasteiger partial charge in [0, 0.05) is 12.1 Å². The molecule has 0 aliphatic carbocycles. The van der Waals surface area contributed by atoms with Gasteiger partial charge in [0.25, 0.3) is 0 Å². The molecule has 0 radical (unpaired) electrons. The minimum Gasteiger partial charge on any atom is -0.496 e. The number of benzene rings is 2.